The predicted molar refractivity (Wildman–Crippen MR) is 406 cm³/mol. The highest BCUT2D eigenvalue weighted by molar-refractivity contribution is 5.74. The van der Waals surface area contributed by atoms with E-state index in [2.05, 4.69) is 21.3 Å². The molecule has 0 bridgehead atoms. The standard InChI is InChI=1S/C74H124N4O54/c1-16-35(90)45(100)51(106)68(114-16)112-15-30-58(42(97)31(64(111)116-30)75-18(3)86)125-65-32(76-19(4)87)43(98)57(27(12-84)121-65)127-72-55(110)61(41(96)29(124-72)14-113-73-62(49(104)39(94)24(9-81)119-73)131-66-33(77-20(5)88)44(99)56(26(11-83)122-66)126-70-53(108)47(102)37(92)22(7-79)117-70)130-74-63(50(105)40(95)25(10-82)120-74)132-67-34(78-21(6)89)60(129-69-52(107)46(101)36(91)17(2)115-69)59(28(13-85)123-67)128-71-54(109)48(103)38(93)23(8-80)118-71/h16-17,22-74,79-85,90-111H,7-15H2,1-6H3,(H,75,86)(H,76,87)(H,77,88)(H,78,89)/t16-,17-,22+,23+,24+,25+,26+,27+,28+,29+,30+,31+,32+,33+,34-,35+,36+,37-,38-,39+,40+,41+,42+,43+,44+,45+,46+,47-,48-,49-,50-,51-,52-,53+,54+,55-,56+,57+,58+,59+,60+,61-,62-,63-,64+,65-,66-,67-,68+,69-,70-,71-,72-,73-,74+/m0/s1. The lowest BCUT2D eigenvalue weighted by molar-refractivity contribution is -0.403. The van der Waals surface area contributed by atoms with Crippen molar-refractivity contribution in [1.82, 2.24) is 21.3 Å². The summed E-state index contributed by atoms with van der Waals surface area (Å²) in [5, 5.41) is 335. The summed E-state index contributed by atoms with van der Waals surface area (Å²) in [7, 11) is 0. The molecule has 11 rings (SSSR count). The molecule has 33 N–H and O–H groups in total. The third-order valence-electron chi connectivity index (χ3n) is 24.5. The number of aliphatic hydroxyl groups excluding tert-OH is 29. The van der Waals surface area contributed by atoms with Crippen LogP contribution in [0.2, 0.25) is 0 Å². The smallest absolute Gasteiger partial charge is 0.217 e. The van der Waals surface area contributed by atoms with E-state index in [-0.39, 0.29) is 0 Å². The summed E-state index contributed by atoms with van der Waals surface area (Å²) in [4.78, 5) is 52.5. The number of rotatable bonds is 33. The first-order chi connectivity index (χ1) is 62.4. The number of hydrogen-bond acceptors (Lipinski definition) is 54. The van der Waals surface area contributed by atoms with E-state index in [4.69, 9.17) is 99.5 Å². The van der Waals surface area contributed by atoms with E-state index in [0.29, 0.717) is 0 Å². The molecule has 0 saturated carbocycles. The number of hydrogen-bond donors (Lipinski definition) is 33. The number of amides is 4. The van der Waals surface area contributed by atoms with Gasteiger partial charge in [-0.3, -0.25) is 19.2 Å². The molecule has 11 saturated heterocycles. The second-order valence-electron chi connectivity index (χ2n) is 33.8. The van der Waals surface area contributed by atoms with Crippen LogP contribution in [0, 0.1) is 0 Å². The van der Waals surface area contributed by atoms with Gasteiger partial charge in [-0.15, -0.1) is 0 Å². The molecule has 58 nitrogen and oxygen atoms in total. The molecule has 132 heavy (non-hydrogen) atoms. The van der Waals surface area contributed by atoms with Gasteiger partial charge in [-0.25, -0.2) is 0 Å². The minimum atomic E-state index is -2.69. The molecular weight excluding hydrogens is 1810 g/mol. The van der Waals surface area contributed by atoms with Gasteiger partial charge in [0.2, 0.25) is 23.6 Å². The quantitative estimate of drug-likeness (QED) is 0.0290. The molecule has 0 radical (unpaired) electrons. The Morgan fingerprint density at radius 1 is 0.212 bits per heavy atom. The highest BCUT2D eigenvalue weighted by atomic mass is 16.8. The first-order valence-electron chi connectivity index (χ1n) is 42.4. The van der Waals surface area contributed by atoms with E-state index in [1.54, 1.807) is 0 Å². The molecule has 4 amide bonds. The lowest BCUT2D eigenvalue weighted by Crippen LogP contribution is -2.71. The van der Waals surface area contributed by atoms with Crippen molar-refractivity contribution in [3.63, 3.8) is 0 Å². The number of carbonyl (C=O) groups is 4. The predicted octanol–water partition coefficient (Wildman–Crippen LogP) is -22.3. The van der Waals surface area contributed by atoms with Gasteiger partial charge in [0.1, 0.15) is 256 Å². The van der Waals surface area contributed by atoms with E-state index in [9.17, 15) is 167 Å². The maximum Gasteiger partial charge on any atom is 0.217 e. The average Bonchev–Trinajstić information content (AvgIpc) is 0.761. The van der Waals surface area contributed by atoms with E-state index in [1.165, 1.54) is 13.8 Å². The Bertz CT molecular complexity index is 3610. The Morgan fingerprint density at radius 2 is 0.485 bits per heavy atom. The molecule has 11 aliphatic heterocycles. The van der Waals surface area contributed by atoms with Gasteiger partial charge in [0.25, 0.3) is 0 Å². The first kappa shape index (κ1) is 108. The summed E-state index contributed by atoms with van der Waals surface area (Å²) < 4.78 is 126. The fourth-order valence-electron chi connectivity index (χ4n) is 17.2. The minimum absolute atomic E-state index is 0.861. The van der Waals surface area contributed by atoms with Crippen LogP contribution in [0.25, 0.3) is 0 Å². The SMILES string of the molecule is CC(=O)N[C@@H]1[C@H](O[C@@H]2[C@@H](O[C@@H]3[C@H](O)[C@H](O[C@H]4[C@H](O)[C@@H](NC(C)=O)[C@H](O[C@H]5[C@H](O)[C@@H](NC(C)=O)[C@H](O)O[C@@H]5CO[C@@H]5O[C@@H](C)[C@@H](O)[C@@H](O)[C@@H]5O)O[C@@H]4CO)O[C@H](CO[C@H]4O[C@H](CO)[C@@H](O)[C@H](O)[C@@H]4O[C@@H]4O[C@H](CO)[C@@H](O[C@@H]5O[C@H](CO)[C@H](O)[C@H](O)[C@H]5O)[C@H](O)[C@H]4NC(C)=O)[C@H]3O)O[C@H](CO)[C@@H](O)[C@@H]2O)O[C@H](CO)[C@@H](O[C@@H]2O[C@H](CO)[C@H](O)[C@H](O)[C@H]2O)[C@@H]1O[C@@H]1O[C@@H](C)[C@@H](O)[C@@H](O)[C@@H]1O. The third-order valence-corrected chi connectivity index (χ3v) is 24.5. The number of nitrogens with one attached hydrogen (secondary N) is 4. The summed E-state index contributed by atoms with van der Waals surface area (Å²) in [6.07, 6.45) is -107. The fourth-order valence-corrected chi connectivity index (χ4v) is 17.2. The maximum absolute atomic E-state index is 13.6. The van der Waals surface area contributed by atoms with Crippen LogP contribution in [0.5, 0.6) is 0 Å². The van der Waals surface area contributed by atoms with Gasteiger partial charge in [0.05, 0.1) is 71.7 Å². The monoisotopic (exact) mass is 1930 g/mol. The Kier molecular flexibility index (Phi) is 38.5. The van der Waals surface area contributed by atoms with Gasteiger partial charge in [-0.05, 0) is 13.8 Å². The zero-order valence-electron chi connectivity index (χ0n) is 71.3. The number of ether oxygens (including phenoxy) is 21. The Labute approximate surface area is 748 Å². The van der Waals surface area contributed by atoms with Crippen molar-refractivity contribution in [3.8, 4) is 0 Å². The molecule has 11 fully saturated rings. The van der Waals surface area contributed by atoms with Crippen LogP contribution >= 0.6 is 0 Å². The van der Waals surface area contributed by atoms with Crippen LogP contribution in [-0.4, -0.2) is 569 Å². The van der Waals surface area contributed by atoms with Gasteiger partial charge in [-0.2, -0.15) is 0 Å². The summed E-state index contributed by atoms with van der Waals surface area (Å²) >= 11 is 0. The number of aliphatic hydroxyl groups is 29. The van der Waals surface area contributed by atoms with Crippen molar-refractivity contribution in [2.45, 2.75) is 379 Å². The molecule has 0 spiro atoms. The zero-order valence-corrected chi connectivity index (χ0v) is 71.3. The Morgan fingerprint density at radius 3 is 0.924 bits per heavy atom. The molecule has 0 aromatic carbocycles. The molecule has 55 atom stereocenters. The van der Waals surface area contributed by atoms with Crippen LogP contribution in [0.3, 0.4) is 0 Å². The highest BCUT2D eigenvalue weighted by Gasteiger charge is 2.63. The molecule has 11 heterocycles. The molecular formula is C74H124N4O54. The van der Waals surface area contributed by atoms with Crippen molar-refractivity contribution in [1.29, 1.82) is 0 Å². The van der Waals surface area contributed by atoms with Gasteiger partial charge < -0.3 is 269 Å². The van der Waals surface area contributed by atoms with Gasteiger partial charge in [0, 0.05) is 27.7 Å². The molecule has 764 valence electrons. The van der Waals surface area contributed by atoms with E-state index in [0.717, 1.165) is 27.7 Å². The molecule has 0 unspecified atom stereocenters. The van der Waals surface area contributed by atoms with Crippen molar-refractivity contribution in [3.05, 3.63) is 0 Å². The lowest BCUT2D eigenvalue weighted by atomic mass is 9.93. The van der Waals surface area contributed by atoms with Crippen molar-refractivity contribution < 1.29 is 267 Å². The van der Waals surface area contributed by atoms with Crippen LogP contribution in [-0.2, 0) is 119 Å². The second-order valence-corrected chi connectivity index (χ2v) is 33.8. The van der Waals surface area contributed by atoms with Crippen LogP contribution < -0.4 is 21.3 Å². The minimum Gasteiger partial charge on any atom is -0.394 e. The first-order valence-corrected chi connectivity index (χ1v) is 42.4. The average molecular weight is 1930 g/mol. The zero-order chi connectivity index (χ0) is 97.1. The normalized spacial score (nSPS) is 50.4. The van der Waals surface area contributed by atoms with Gasteiger partial charge >= 0.3 is 0 Å². The lowest BCUT2D eigenvalue weighted by Gasteiger charge is -2.52. The largest absolute Gasteiger partial charge is 0.394 e. The molecule has 0 aromatic rings. The summed E-state index contributed by atoms with van der Waals surface area (Å²) in [6.45, 7) is -4.07. The molecule has 11 aliphatic rings. The van der Waals surface area contributed by atoms with Crippen molar-refractivity contribution >= 4 is 23.6 Å². The third kappa shape index (κ3) is 23.7. The highest BCUT2D eigenvalue weighted by Crippen LogP contribution is 2.42. The summed E-state index contributed by atoms with van der Waals surface area (Å²) in [6, 6.07) is -7.90. The van der Waals surface area contributed by atoms with Crippen molar-refractivity contribution in [2.24, 2.45) is 0 Å². The van der Waals surface area contributed by atoms with E-state index >= 15 is 0 Å². The Balaban J connectivity index is 0.951. The molecule has 0 aliphatic carbocycles. The molecule has 0 aromatic heterocycles. The van der Waals surface area contributed by atoms with E-state index in [1.807, 2.05) is 0 Å². The van der Waals surface area contributed by atoms with E-state index < -0.39 is 421 Å². The van der Waals surface area contributed by atoms with Crippen molar-refractivity contribution in [2.75, 3.05) is 59.5 Å². The fraction of sp³-hybridized carbons (Fsp3) is 0.946. The van der Waals surface area contributed by atoms with Crippen LogP contribution in [0.4, 0.5) is 0 Å². The number of carbonyl (C=O) groups excluding carboxylic acids is 4. The van der Waals surface area contributed by atoms with Gasteiger partial charge in [0.15, 0.2) is 69.2 Å². The summed E-state index contributed by atoms with van der Waals surface area (Å²) in [5.41, 5.74) is 0. The maximum atomic E-state index is 13.6. The summed E-state index contributed by atoms with van der Waals surface area (Å²) in [5.74, 6) is -3.89. The topological polar surface area (TPSA) is 897 Å². The second kappa shape index (κ2) is 47.0. The van der Waals surface area contributed by atoms with Crippen LogP contribution in [0.1, 0.15) is 41.5 Å². The molecule has 58 heteroatoms. The Hall–Kier alpha value is -4.12. The van der Waals surface area contributed by atoms with Gasteiger partial charge in [-0.1, -0.05) is 0 Å². The van der Waals surface area contributed by atoms with Crippen LogP contribution in [0.15, 0.2) is 0 Å².